The summed E-state index contributed by atoms with van der Waals surface area (Å²) in [6, 6.07) is 13.1. The molecule has 0 aliphatic heterocycles. The van der Waals surface area contributed by atoms with Gasteiger partial charge in [0.1, 0.15) is 11.3 Å². The van der Waals surface area contributed by atoms with Gasteiger partial charge in [-0.3, -0.25) is 0 Å². The average Bonchev–Trinajstić information content (AvgIpc) is 3.11. The van der Waals surface area contributed by atoms with Crippen molar-refractivity contribution in [1.82, 2.24) is 5.32 Å². The van der Waals surface area contributed by atoms with Crippen LogP contribution in [0.2, 0.25) is 0 Å². The monoisotopic (exact) mass is 299 g/mol. The predicted octanol–water partition coefficient (Wildman–Crippen LogP) is 5.43. The molecule has 0 saturated carbocycles. The van der Waals surface area contributed by atoms with Crippen molar-refractivity contribution in [3.05, 3.63) is 58.0 Å². The third kappa shape index (κ3) is 3.04. The Morgan fingerprint density at radius 1 is 1.19 bits per heavy atom. The van der Waals surface area contributed by atoms with E-state index in [2.05, 4.69) is 48.8 Å². The topological polar surface area (TPSA) is 25.2 Å². The quantitative estimate of drug-likeness (QED) is 0.656. The number of hydrogen-bond acceptors (Lipinski definition) is 3. The van der Waals surface area contributed by atoms with Crippen LogP contribution in [0.5, 0.6) is 0 Å². The summed E-state index contributed by atoms with van der Waals surface area (Å²) >= 11 is 1.83. The van der Waals surface area contributed by atoms with E-state index in [-0.39, 0.29) is 0 Å². The number of thiophene rings is 1. The second kappa shape index (κ2) is 6.46. The van der Waals surface area contributed by atoms with Crippen LogP contribution in [0, 0.1) is 6.92 Å². The molecule has 1 unspecified atom stereocenters. The van der Waals surface area contributed by atoms with E-state index in [1.165, 1.54) is 22.2 Å². The third-order valence-corrected chi connectivity index (χ3v) is 4.88. The van der Waals surface area contributed by atoms with E-state index in [9.17, 15) is 0 Å². The van der Waals surface area contributed by atoms with Crippen LogP contribution in [-0.2, 0) is 6.54 Å². The third-order valence-electron chi connectivity index (χ3n) is 3.89. The maximum atomic E-state index is 5.84. The summed E-state index contributed by atoms with van der Waals surface area (Å²) < 4.78 is 5.84. The second-order valence-corrected chi connectivity index (χ2v) is 6.35. The van der Waals surface area contributed by atoms with Gasteiger partial charge in [-0.2, -0.15) is 0 Å². The highest BCUT2D eigenvalue weighted by Crippen LogP contribution is 2.28. The van der Waals surface area contributed by atoms with Crippen LogP contribution < -0.4 is 5.32 Å². The van der Waals surface area contributed by atoms with Crippen LogP contribution in [0.1, 0.15) is 42.0 Å². The molecule has 2 heterocycles. The lowest BCUT2D eigenvalue weighted by Crippen LogP contribution is -2.20. The largest absolute Gasteiger partial charge is 0.461 e. The number of benzene rings is 1. The van der Waals surface area contributed by atoms with E-state index in [1.54, 1.807) is 0 Å². The van der Waals surface area contributed by atoms with Gasteiger partial charge < -0.3 is 9.73 Å². The molecule has 0 saturated heterocycles. The average molecular weight is 299 g/mol. The van der Waals surface area contributed by atoms with Gasteiger partial charge in [0.05, 0.1) is 0 Å². The molecule has 0 spiro atoms. The van der Waals surface area contributed by atoms with E-state index < -0.39 is 0 Å². The molecule has 1 aromatic carbocycles. The number of aryl methyl sites for hydroxylation is 1. The summed E-state index contributed by atoms with van der Waals surface area (Å²) in [5.74, 6) is 1.02. The Kier molecular flexibility index (Phi) is 4.42. The second-order valence-electron chi connectivity index (χ2n) is 5.37. The zero-order valence-corrected chi connectivity index (χ0v) is 13.4. The van der Waals surface area contributed by atoms with Crippen molar-refractivity contribution in [2.75, 3.05) is 0 Å². The molecule has 3 rings (SSSR count). The van der Waals surface area contributed by atoms with Crippen molar-refractivity contribution in [2.45, 2.75) is 39.3 Å². The molecular weight excluding hydrogens is 278 g/mol. The minimum Gasteiger partial charge on any atom is -0.461 e. The Bertz CT molecular complexity index is 699. The lowest BCUT2D eigenvalue weighted by atomic mass is 10.1. The van der Waals surface area contributed by atoms with Gasteiger partial charge >= 0.3 is 0 Å². The van der Waals surface area contributed by atoms with E-state index in [0.29, 0.717) is 6.04 Å². The molecule has 0 aliphatic carbocycles. The first-order valence-electron chi connectivity index (χ1n) is 7.53. The fraction of sp³-hybridized carbons (Fsp3) is 0.333. The molecule has 1 N–H and O–H groups in total. The van der Waals surface area contributed by atoms with E-state index >= 15 is 0 Å². The van der Waals surface area contributed by atoms with Crippen LogP contribution in [0.15, 0.2) is 46.2 Å². The van der Waals surface area contributed by atoms with Crippen LogP contribution in [0.25, 0.3) is 11.0 Å². The molecular formula is C18H21NOS. The first-order chi connectivity index (χ1) is 10.3. The van der Waals surface area contributed by atoms with Crippen molar-refractivity contribution < 1.29 is 4.42 Å². The Hall–Kier alpha value is -1.58. The minimum absolute atomic E-state index is 0.433. The van der Waals surface area contributed by atoms with Gasteiger partial charge in [0.15, 0.2) is 0 Å². The van der Waals surface area contributed by atoms with E-state index in [4.69, 9.17) is 4.42 Å². The van der Waals surface area contributed by atoms with Gasteiger partial charge in [-0.05, 0) is 30.9 Å². The van der Waals surface area contributed by atoms with Crippen LogP contribution >= 0.6 is 11.3 Å². The molecule has 1 atom stereocenters. The maximum absolute atomic E-state index is 5.84. The van der Waals surface area contributed by atoms with Gasteiger partial charge in [-0.25, -0.2) is 0 Å². The lowest BCUT2D eigenvalue weighted by Gasteiger charge is -2.16. The molecule has 3 heteroatoms. The Balaban J connectivity index is 1.80. The molecule has 3 aromatic rings. The summed E-state index contributed by atoms with van der Waals surface area (Å²) in [6.45, 7) is 5.14. The first kappa shape index (κ1) is 14.4. The van der Waals surface area contributed by atoms with E-state index in [0.717, 1.165) is 24.3 Å². The van der Waals surface area contributed by atoms with Crippen molar-refractivity contribution in [3.8, 4) is 0 Å². The summed E-state index contributed by atoms with van der Waals surface area (Å²) in [5, 5.41) is 7.09. The Labute approximate surface area is 129 Å². The Morgan fingerprint density at radius 2 is 2.05 bits per heavy atom. The van der Waals surface area contributed by atoms with Gasteiger partial charge in [0.2, 0.25) is 0 Å². The number of hydrogen-bond donors (Lipinski definition) is 1. The molecule has 110 valence electrons. The number of rotatable bonds is 6. The van der Waals surface area contributed by atoms with Crippen molar-refractivity contribution >= 4 is 22.3 Å². The fourth-order valence-electron chi connectivity index (χ4n) is 2.79. The summed E-state index contributed by atoms with van der Waals surface area (Å²) in [4.78, 5) is 1.42. The smallest absolute Gasteiger partial charge is 0.134 e. The fourth-order valence-corrected chi connectivity index (χ4v) is 3.63. The molecule has 0 amide bonds. The molecule has 2 nitrogen and oxygen atoms in total. The summed E-state index contributed by atoms with van der Waals surface area (Å²) in [5.41, 5.74) is 2.26. The SMILES string of the molecule is CCCC(NCc1c(C)oc2ccccc12)c1cccs1. The highest BCUT2D eigenvalue weighted by molar-refractivity contribution is 7.10. The minimum atomic E-state index is 0.433. The molecule has 2 aromatic heterocycles. The molecule has 0 bridgehead atoms. The zero-order valence-electron chi connectivity index (χ0n) is 12.6. The zero-order chi connectivity index (χ0) is 14.7. The molecule has 0 radical (unpaired) electrons. The van der Waals surface area contributed by atoms with Crippen LogP contribution in [0.4, 0.5) is 0 Å². The number of para-hydroxylation sites is 1. The first-order valence-corrected chi connectivity index (χ1v) is 8.41. The Morgan fingerprint density at radius 3 is 2.81 bits per heavy atom. The van der Waals surface area contributed by atoms with Crippen LogP contribution in [0.3, 0.4) is 0 Å². The van der Waals surface area contributed by atoms with E-state index in [1.807, 2.05) is 23.5 Å². The van der Waals surface area contributed by atoms with Gasteiger partial charge in [0, 0.05) is 28.4 Å². The molecule has 21 heavy (non-hydrogen) atoms. The maximum Gasteiger partial charge on any atom is 0.134 e. The standard InChI is InChI=1S/C18H21NOS/c1-3-7-16(18-10-6-11-21-18)19-12-15-13(2)20-17-9-5-4-8-14(15)17/h4-6,8-11,16,19H,3,7,12H2,1-2H3. The van der Waals surface area contributed by atoms with Gasteiger partial charge in [-0.15, -0.1) is 11.3 Å². The van der Waals surface area contributed by atoms with Gasteiger partial charge in [0.25, 0.3) is 0 Å². The molecule has 0 aliphatic rings. The lowest BCUT2D eigenvalue weighted by molar-refractivity contribution is 0.494. The van der Waals surface area contributed by atoms with Crippen molar-refractivity contribution in [2.24, 2.45) is 0 Å². The summed E-state index contributed by atoms with van der Waals surface area (Å²) in [7, 11) is 0. The molecule has 0 fully saturated rings. The predicted molar refractivity (Wildman–Crippen MR) is 89.8 cm³/mol. The highest BCUT2D eigenvalue weighted by atomic mass is 32.1. The van der Waals surface area contributed by atoms with Crippen molar-refractivity contribution in [3.63, 3.8) is 0 Å². The van der Waals surface area contributed by atoms with Crippen LogP contribution in [-0.4, -0.2) is 0 Å². The summed E-state index contributed by atoms with van der Waals surface area (Å²) in [6.07, 6.45) is 2.34. The van der Waals surface area contributed by atoms with Gasteiger partial charge in [-0.1, -0.05) is 37.6 Å². The number of nitrogens with one attached hydrogen (secondary N) is 1. The number of furan rings is 1. The van der Waals surface area contributed by atoms with Crippen molar-refractivity contribution in [1.29, 1.82) is 0 Å². The highest BCUT2D eigenvalue weighted by Gasteiger charge is 2.14. The normalized spacial score (nSPS) is 12.9. The number of fused-ring (bicyclic) bond motifs is 1.